The molecular formula is C8H9NO2. The van der Waals surface area contributed by atoms with Crippen LogP contribution in [0, 0.1) is 0 Å². The summed E-state index contributed by atoms with van der Waals surface area (Å²) in [6, 6.07) is 0. The van der Waals surface area contributed by atoms with Gasteiger partial charge in [0.2, 0.25) is 0 Å². The summed E-state index contributed by atoms with van der Waals surface area (Å²) in [6.07, 6.45) is 5.32. The van der Waals surface area contributed by atoms with Crippen LogP contribution in [0.1, 0.15) is 0 Å². The van der Waals surface area contributed by atoms with Crippen LogP contribution in [0.15, 0.2) is 41.6 Å². The summed E-state index contributed by atoms with van der Waals surface area (Å²) in [7, 11) is 0. The van der Waals surface area contributed by atoms with Crippen LogP contribution in [-0.2, 0) is 4.79 Å². The highest BCUT2D eigenvalue weighted by Gasteiger charge is 1.86. The summed E-state index contributed by atoms with van der Waals surface area (Å²) >= 11 is 0. The Morgan fingerprint density at radius 2 is 2.09 bits per heavy atom. The summed E-state index contributed by atoms with van der Waals surface area (Å²) in [4.78, 5) is 13.5. The van der Waals surface area contributed by atoms with Crippen molar-refractivity contribution in [1.82, 2.24) is 0 Å². The van der Waals surface area contributed by atoms with Crippen LogP contribution in [0.2, 0.25) is 0 Å². The number of carboxylic acids is 1. The second-order valence-corrected chi connectivity index (χ2v) is 1.69. The highest BCUT2D eigenvalue weighted by molar-refractivity contribution is 5.80. The lowest BCUT2D eigenvalue weighted by atomic mass is 10.2. The van der Waals surface area contributed by atoms with E-state index in [1.807, 2.05) is 0 Å². The first-order valence-electron chi connectivity index (χ1n) is 2.90. The second-order valence-electron chi connectivity index (χ2n) is 1.69. The quantitative estimate of drug-likeness (QED) is 0.375. The summed E-state index contributed by atoms with van der Waals surface area (Å²) < 4.78 is 0. The fourth-order valence-corrected chi connectivity index (χ4v) is 0.437. The highest BCUT2D eigenvalue weighted by Crippen LogP contribution is 1.97. The molecule has 0 aliphatic carbocycles. The molecule has 0 saturated carbocycles. The first-order valence-corrected chi connectivity index (χ1v) is 2.90. The fraction of sp³-hybridized carbons (Fsp3) is 0. The Balaban J connectivity index is 4.30. The molecule has 0 saturated heterocycles. The van der Waals surface area contributed by atoms with E-state index in [0.717, 1.165) is 6.08 Å². The number of hydrogen-bond acceptors (Lipinski definition) is 2. The molecule has 0 unspecified atom stereocenters. The third-order valence-electron chi connectivity index (χ3n) is 0.894. The third kappa shape index (κ3) is 4.84. The minimum absolute atomic E-state index is 0.613. The highest BCUT2D eigenvalue weighted by atomic mass is 16.4. The van der Waals surface area contributed by atoms with Gasteiger partial charge in [0, 0.05) is 12.3 Å². The van der Waals surface area contributed by atoms with Gasteiger partial charge in [-0.15, -0.1) is 0 Å². The zero-order valence-corrected chi connectivity index (χ0v) is 6.03. The predicted molar refractivity (Wildman–Crippen MR) is 44.6 cm³/mol. The summed E-state index contributed by atoms with van der Waals surface area (Å²) in [5, 5.41) is 8.23. The van der Waals surface area contributed by atoms with Gasteiger partial charge >= 0.3 is 5.97 Å². The predicted octanol–water partition coefficient (Wildman–Crippen LogP) is 1.40. The average Bonchev–Trinajstić information content (AvgIpc) is 1.97. The largest absolute Gasteiger partial charge is 0.478 e. The lowest BCUT2D eigenvalue weighted by Gasteiger charge is -1.86. The zero-order chi connectivity index (χ0) is 8.69. The SMILES string of the molecule is C=CC(/C=C/C(=O)O)=C\N=C. The zero-order valence-electron chi connectivity index (χ0n) is 6.03. The molecule has 3 nitrogen and oxygen atoms in total. The van der Waals surface area contributed by atoms with Gasteiger partial charge in [-0.25, -0.2) is 4.79 Å². The van der Waals surface area contributed by atoms with Crippen molar-refractivity contribution in [2.24, 2.45) is 4.99 Å². The van der Waals surface area contributed by atoms with Gasteiger partial charge in [0.1, 0.15) is 0 Å². The van der Waals surface area contributed by atoms with Crippen LogP contribution in [0.4, 0.5) is 0 Å². The maximum atomic E-state index is 10.0. The van der Waals surface area contributed by atoms with Crippen LogP contribution < -0.4 is 0 Å². The molecule has 0 bridgehead atoms. The summed E-state index contributed by atoms with van der Waals surface area (Å²) in [5.74, 6) is -0.998. The number of rotatable bonds is 4. The van der Waals surface area contributed by atoms with Crippen molar-refractivity contribution in [1.29, 1.82) is 0 Å². The fourth-order valence-electron chi connectivity index (χ4n) is 0.437. The standard InChI is InChI=1S/C8H9NO2/c1-3-7(6-9-2)4-5-8(10)11/h3-6H,1-2H2,(H,10,11)/b5-4+,7-6+. The Labute approximate surface area is 65.1 Å². The number of allylic oxidation sites excluding steroid dienone is 3. The maximum absolute atomic E-state index is 10.0. The van der Waals surface area contributed by atoms with Crippen LogP contribution in [0.25, 0.3) is 0 Å². The lowest BCUT2D eigenvalue weighted by Crippen LogP contribution is -1.85. The number of aliphatic imine (C=N–C) groups is 1. The van der Waals surface area contributed by atoms with Crippen molar-refractivity contribution >= 4 is 12.7 Å². The molecule has 0 heterocycles. The van der Waals surface area contributed by atoms with Gasteiger partial charge in [-0.1, -0.05) is 12.7 Å². The first kappa shape index (κ1) is 9.36. The van der Waals surface area contributed by atoms with E-state index in [1.165, 1.54) is 18.4 Å². The Morgan fingerprint density at radius 3 is 2.45 bits per heavy atom. The van der Waals surface area contributed by atoms with Gasteiger partial charge in [0.05, 0.1) is 0 Å². The summed E-state index contributed by atoms with van der Waals surface area (Å²) in [5.41, 5.74) is 0.613. The number of carbonyl (C=O) groups is 1. The Kier molecular flexibility index (Phi) is 4.40. The molecule has 3 heteroatoms. The Bertz CT molecular complexity index is 226. The molecule has 0 aromatic heterocycles. The maximum Gasteiger partial charge on any atom is 0.328 e. The molecular weight excluding hydrogens is 142 g/mol. The molecule has 0 aliphatic heterocycles. The Hall–Kier alpha value is -1.64. The topological polar surface area (TPSA) is 49.7 Å². The molecule has 11 heavy (non-hydrogen) atoms. The van der Waals surface area contributed by atoms with E-state index in [4.69, 9.17) is 5.11 Å². The smallest absolute Gasteiger partial charge is 0.328 e. The van der Waals surface area contributed by atoms with E-state index >= 15 is 0 Å². The number of carboxylic acid groups (broad SMARTS) is 1. The van der Waals surface area contributed by atoms with Gasteiger partial charge in [-0.05, 0) is 18.4 Å². The Morgan fingerprint density at radius 1 is 1.45 bits per heavy atom. The monoisotopic (exact) mass is 151 g/mol. The van der Waals surface area contributed by atoms with Crippen molar-refractivity contribution in [3.8, 4) is 0 Å². The van der Waals surface area contributed by atoms with E-state index in [9.17, 15) is 4.79 Å². The van der Waals surface area contributed by atoms with E-state index < -0.39 is 5.97 Å². The van der Waals surface area contributed by atoms with Crippen molar-refractivity contribution in [3.63, 3.8) is 0 Å². The average molecular weight is 151 g/mol. The molecule has 0 aliphatic rings. The van der Waals surface area contributed by atoms with Gasteiger partial charge in [0.15, 0.2) is 0 Å². The van der Waals surface area contributed by atoms with E-state index in [1.54, 1.807) is 0 Å². The lowest BCUT2D eigenvalue weighted by molar-refractivity contribution is -0.131. The second kappa shape index (κ2) is 5.17. The number of nitrogens with zero attached hydrogens (tertiary/aromatic N) is 1. The molecule has 58 valence electrons. The third-order valence-corrected chi connectivity index (χ3v) is 0.894. The van der Waals surface area contributed by atoms with Crippen LogP contribution >= 0.6 is 0 Å². The minimum Gasteiger partial charge on any atom is -0.478 e. The molecule has 0 atom stereocenters. The first-order chi connectivity index (χ1) is 5.20. The summed E-state index contributed by atoms with van der Waals surface area (Å²) in [6.45, 7) is 6.68. The molecule has 0 radical (unpaired) electrons. The van der Waals surface area contributed by atoms with E-state index in [0.29, 0.717) is 5.57 Å². The van der Waals surface area contributed by atoms with E-state index in [2.05, 4.69) is 18.3 Å². The normalized spacial score (nSPS) is 11.5. The van der Waals surface area contributed by atoms with Crippen LogP contribution in [0.3, 0.4) is 0 Å². The minimum atomic E-state index is -0.998. The van der Waals surface area contributed by atoms with Gasteiger partial charge in [-0.3, -0.25) is 4.99 Å². The van der Waals surface area contributed by atoms with Gasteiger partial charge in [-0.2, -0.15) is 0 Å². The van der Waals surface area contributed by atoms with Gasteiger partial charge in [0.25, 0.3) is 0 Å². The van der Waals surface area contributed by atoms with Crippen LogP contribution in [-0.4, -0.2) is 17.8 Å². The number of aliphatic carboxylic acids is 1. The molecule has 0 fully saturated rings. The van der Waals surface area contributed by atoms with Crippen molar-refractivity contribution < 1.29 is 9.90 Å². The molecule has 0 spiro atoms. The van der Waals surface area contributed by atoms with Crippen molar-refractivity contribution in [2.75, 3.05) is 0 Å². The van der Waals surface area contributed by atoms with Crippen LogP contribution in [0.5, 0.6) is 0 Å². The van der Waals surface area contributed by atoms with E-state index in [-0.39, 0.29) is 0 Å². The molecule has 0 aromatic carbocycles. The molecule has 1 N–H and O–H groups in total. The number of hydrogen-bond donors (Lipinski definition) is 1. The molecule has 0 rings (SSSR count). The molecule has 0 amide bonds. The van der Waals surface area contributed by atoms with Gasteiger partial charge < -0.3 is 5.11 Å². The molecule has 0 aromatic rings. The van der Waals surface area contributed by atoms with Crippen molar-refractivity contribution in [2.45, 2.75) is 0 Å². The van der Waals surface area contributed by atoms with Crippen molar-refractivity contribution in [3.05, 3.63) is 36.6 Å².